The van der Waals surface area contributed by atoms with Crippen LogP contribution >= 0.6 is 22.6 Å². The maximum absolute atomic E-state index is 11.4. The Kier molecular flexibility index (Phi) is 3.78. The maximum atomic E-state index is 11.4. The topological polar surface area (TPSA) is 57.8 Å². The molecule has 1 aromatic carbocycles. The van der Waals surface area contributed by atoms with Crippen LogP contribution in [0.5, 0.6) is 0 Å². The van der Waals surface area contributed by atoms with Crippen molar-refractivity contribution in [2.24, 2.45) is 0 Å². The molecule has 0 radical (unpaired) electrons. The summed E-state index contributed by atoms with van der Waals surface area (Å²) < 4.78 is 0.581. The Morgan fingerprint density at radius 1 is 1.47 bits per heavy atom. The predicted octanol–water partition coefficient (Wildman–Crippen LogP) is 2.30. The number of aromatic amines is 1. The molecular weight excluding hydrogens is 329 g/mol. The zero-order valence-electron chi connectivity index (χ0n) is 9.33. The lowest BCUT2D eigenvalue weighted by Crippen LogP contribution is -2.14. The van der Waals surface area contributed by atoms with Crippen molar-refractivity contribution in [1.82, 2.24) is 9.97 Å². The molecule has 0 aliphatic rings. The number of halogens is 1. The summed E-state index contributed by atoms with van der Waals surface area (Å²) in [6.07, 6.45) is 1.41. The molecule has 1 heterocycles. The third kappa shape index (κ3) is 3.06. The van der Waals surface area contributed by atoms with E-state index >= 15 is 0 Å². The van der Waals surface area contributed by atoms with Gasteiger partial charge in [-0.15, -0.1) is 0 Å². The van der Waals surface area contributed by atoms with Gasteiger partial charge in [-0.3, -0.25) is 4.79 Å². The van der Waals surface area contributed by atoms with Crippen molar-refractivity contribution in [2.45, 2.75) is 13.5 Å². The minimum Gasteiger partial charge on any atom is -0.365 e. The van der Waals surface area contributed by atoms with Crippen LogP contribution in [0, 0.1) is 10.5 Å². The fourth-order valence-electron chi connectivity index (χ4n) is 1.51. The molecule has 88 valence electrons. The molecule has 2 N–H and O–H groups in total. The van der Waals surface area contributed by atoms with Gasteiger partial charge in [0.1, 0.15) is 9.39 Å². The number of hydrogen-bond donors (Lipinski definition) is 2. The molecule has 2 aromatic rings. The SMILES string of the molecule is Cc1cccc(CNc2nc[nH]c(=O)c2I)c1. The van der Waals surface area contributed by atoms with Gasteiger partial charge >= 0.3 is 0 Å². The summed E-state index contributed by atoms with van der Waals surface area (Å²) in [6, 6.07) is 8.22. The number of nitrogens with one attached hydrogen (secondary N) is 2. The Morgan fingerprint density at radius 3 is 3.06 bits per heavy atom. The lowest BCUT2D eigenvalue weighted by Gasteiger charge is -2.07. The van der Waals surface area contributed by atoms with Crippen molar-refractivity contribution >= 4 is 28.4 Å². The van der Waals surface area contributed by atoms with Crippen LogP contribution < -0.4 is 10.9 Å². The maximum Gasteiger partial charge on any atom is 0.266 e. The molecule has 0 aliphatic heterocycles. The van der Waals surface area contributed by atoms with Gasteiger partial charge < -0.3 is 10.3 Å². The van der Waals surface area contributed by atoms with E-state index in [0.717, 1.165) is 0 Å². The summed E-state index contributed by atoms with van der Waals surface area (Å²) >= 11 is 1.99. The van der Waals surface area contributed by atoms with E-state index in [4.69, 9.17) is 0 Å². The van der Waals surface area contributed by atoms with Crippen LogP contribution in [-0.2, 0) is 6.54 Å². The molecule has 0 saturated heterocycles. The van der Waals surface area contributed by atoms with Crippen molar-refractivity contribution in [3.05, 3.63) is 55.6 Å². The van der Waals surface area contributed by atoms with Gasteiger partial charge in [-0.2, -0.15) is 0 Å². The lowest BCUT2D eigenvalue weighted by molar-refractivity contribution is 1.04. The highest BCUT2D eigenvalue weighted by atomic mass is 127. The van der Waals surface area contributed by atoms with Gasteiger partial charge in [0.25, 0.3) is 5.56 Å². The summed E-state index contributed by atoms with van der Waals surface area (Å²) in [5.41, 5.74) is 2.27. The fourth-order valence-corrected chi connectivity index (χ4v) is 2.00. The first-order chi connectivity index (χ1) is 8.16. The fraction of sp³-hybridized carbons (Fsp3) is 0.167. The molecule has 2 rings (SSSR count). The summed E-state index contributed by atoms with van der Waals surface area (Å²) in [6.45, 7) is 2.72. The summed E-state index contributed by atoms with van der Waals surface area (Å²) in [5, 5.41) is 3.16. The van der Waals surface area contributed by atoms with Crippen molar-refractivity contribution in [2.75, 3.05) is 5.32 Å². The van der Waals surface area contributed by atoms with Gasteiger partial charge in [-0.25, -0.2) is 4.98 Å². The standard InChI is InChI=1S/C12H12IN3O/c1-8-3-2-4-9(5-8)6-14-11-10(13)12(17)16-7-15-11/h2-5,7H,6H2,1H3,(H2,14,15,16,17). The van der Waals surface area contributed by atoms with Crippen LogP contribution in [0.3, 0.4) is 0 Å². The zero-order chi connectivity index (χ0) is 12.3. The van der Waals surface area contributed by atoms with Gasteiger partial charge in [0.05, 0.1) is 6.33 Å². The van der Waals surface area contributed by atoms with Gasteiger partial charge in [0.15, 0.2) is 0 Å². The van der Waals surface area contributed by atoms with Gasteiger partial charge in [-0.1, -0.05) is 29.8 Å². The van der Waals surface area contributed by atoms with Gasteiger partial charge in [0, 0.05) is 6.54 Å². The summed E-state index contributed by atoms with van der Waals surface area (Å²) in [5.74, 6) is 0.621. The average Bonchev–Trinajstić information content (AvgIpc) is 2.31. The van der Waals surface area contributed by atoms with E-state index in [-0.39, 0.29) is 5.56 Å². The second kappa shape index (κ2) is 5.31. The number of anilines is 1. The van der Waals surface area contributed by atoms with Crippen LogP contribution in [-0.4, -0.2) is 9.97 Å². The first kappa shape index (κ1) is 12.1. The minimum atomic E-state index is -0.118. The minimum absolute atomic E-state index is 0.118. The zero-order valence-corrected chi connectivity index (χ0v) is 11.5. The van der Waals surface area contributed by atoms with Crippen LogP contribution in [0.2, 0.25) is 0 Å². The molecule has 0 unspecified atom stereocenters. The molecule has 0 saturated carbocycles. The Bertz CT molecular complexity index is 580. The second-order valence-electron chi connectivity index (χ2n) is 3.74. The number of hydrogen-bond acceptors (Lipinski definition) is 3. The first-order valence-electron chi connectivity index (χ1n) is 5.19. The second-order valence-corrected chi connectivity index (χ2v) is 4.82. The Balaban J connectivity index is 2.13. The third-order valence-electron chi connectivity index (χ3n) is 2.34. The van der Waals surface area contributed by atoms with E-state index in [2.05, 4.69) is 34.3 Å². The van der Waals surface area contributed by atoms with Gasteiger partial charge in [0.2, 0.25) is 0 Å². The van der Waals surface area contributed by atoms with E-state index in [1.54, 1.807) is 0 Å². The molecule has 0 aliphatic carbocycles. The molecule has 0 fully saturated rings. The van der Waals surface area contributed by atoms with Gasteiger partial charge in [-0.05, 0) is 35.1 Å². The average molecular weight is 341 g/mol. The number of nitrogens with zero attached hydrogens (tertiary/aromatic N) is 1. The summed E-state index contributed by atoms with van der Waals surface area (Å²) in [7, 11) is 0. The molecular formula is C12H12IN3O. The Hall–Kier alpha value is -1.37. The highest BCUT2D eigenvalue weighted by Crippen LogP contribution is 2.11. The van der Waals surface area contributed by atoms with Crippen LogP contribution in [0.25, 0.3) is 0 Å². The molecule has 0 amide bonds. The van der Waals surface area contributed by atoms with Crippen LogP contribution in [0.15, 0.2) is 35.4 Å². The van der Waals surface area contributed by atoms with E-state index in [1.807, 2.05) is 34.7 Å². The monoisotopic (exact) mass is 341 g/mol. The van der Waals surface area contributed by atoms with E-state index in [9.17, 15) is 4.79 Å². The van der Waals surface area contributed by atoms with Crippen molar-refractivity contribution in [1.29, 1.82) is 0 Å². The molecule has 0 bridgehead atoms. The number of benzene rings is 1. The van der Waals surface area contributed by atoms with E-state index in [1.165, 1.54) is 17.5 Å². The van der Waals surface area contributed by atoms with Crippen molar-refractivity contribution in [3.8, 4) is 0 Å². The third-order valence-corrected chi connectivity index (χ3v) is 3.34. The van der Waals surface area contributed by atoms with Crippen LogP contribution in [0.1, 0.15) is 11.1 Å². The summed E-state index contributed by atoms with van der Waals surface area (Å²) in [4.78, 5) is 18.0. The van der Waals surface area contributed by atoms with Crippen LogP contribution in [0.4, 0.5) is 5.82 Å². The number of rotatable bonds is 3. The van der Waals surface area contributed by atoms with E-state index < -0.39 is 0 Å². The Labute approximate surface area is 113 Å². The lowest BCUT2D eigenvalue weighted by atomic mass is 10.1. The van der Waals surface area contributed by atoms with Crippen molar-refractivity contribution < 1.29 is 0 Å². The van der Waals surface area contributed by atoms with E-state index in [0.29, 0.717) is 15.9 Å². The number of aryl methyl sites for hydroxylation is 1. The smallest absolute Gasteiger partial charge is 0.266 e. The Morgan fingerprint density at radius 2 is 2.29 bits per heavy atom. The first-order valence-corrected chi connectivity index (χ1v) is 6.27. The molecule has 17 heavy (non-hydrogen) atoms. The quantitative estimate of drug-likeness (QED) is 0.843. The molecule has 4 nitrogen and oxygen atoms in total. The highest BCUT2D eigenvalue weighted by Gasteiger charge is 2.04. The largest absolute Gasteiger partial charge is 0.365 e. The number of aromatic nitrogens is 2. The number of H-pyrrole nitrogens is 1. The molecule has 5 heteroatoms. The molecule has 0 atom stereocenters. The molecule has 0 spiro atoms. The van der Waals surface area contributed by atoms with Crippen molar-refractivity contribution in [3.63, 3.8) is 0 Å². The normalized spacial score (nSPS) is 10.2. The predicted molar refractivity (Wildman–Crippen MR) is 76.1 cm³/mol. The highest BCUT2D eigenvalue weighted by molar-refractivity contribution is 14.1. The molecule has 1 aromatic heterocycles.